The number of carbonyl (C=O) groups excluding carboxylic acids is 4. The summed E-state index contributed by atoms with van der Waals surface area (Å²) in [5, 5.41) is 5.32. The van der Waals surface area contributed by atoms with Gasteiger partial charge >= 0.3 is 0 Å². The van der Waals surface area contributed by atoms with Gasteiger partial charge in [0.2, 0.25) is 23.5 Å². The number of alkyl halides is 2. The molecule has 2 saturated carbocycles. The van der Waals surface area contributed by atoms with Gasteiger partial charge < -0.3 is 15.5 Å². The number of piperidine rings is 1. The molecule has 4 atom stereocenters. The fourth-order valence-corrected chi connectivity index (χ4v) is 5.75. The highest BCUT2D eigenvalue weighted by atomic mass is 19.3. The van der Waals surface area contributed by atoms with Crippen molar-refractivity contribution in [3.63, 3.8) is 0 Å². The van der Waals surface area contributed by atoms with E-state index in [1.54, 1.807) is 53.6 Å². The van der Waals surface area contributed by atoms with Crippen molar-refractivity contribution in [2.75, 3.05) is 0 Å². The third-order valence-electron chi connectivity index (χ3n) is 8.02. The number of ketones is 1. The van der Waals surface area contributed by atoms with Crippen molar-refractivity contribution in [1.82, 2.24) is 20.5 Å². The summed E-state index contributed by atoms with van der Waals surface area (Å²) in [4.78, 5) is 58.6. The molecule has 0 spiro atoms. The van der Waals surface area contributed by atoms with E-state index in [4.69, 9.17) is 0 Å². The van der Waals surface area contributed by atoms with E-state index in [2.05, 4.69) is 15.6 Å². The summed E-state index contributed by atoms with van der Waals surface area (Å²) in [5.41, 5.74) is 1.35. The molecule has 3 amide bonds. The lowest BCUT2D eigenvalue weighted by Crippen LogP contribution is -2.55. The highest BCUT2D eigenvalue weighted by molar-refractivity contribution is 6.38. The number of hydrogen-bond donors (Lipinski definition) is 2. The predicted octanol–water partition coefficient (Wildman–Crippen LogP) is 2.81. The number of hydrogen-bond acceptors (Lipinski definition) is 5. The molecule has 0 bridgehead atoms. The van der Waals surface area contributed by atoms with Crippen LogP contribution in [0.1, 0.15) is 49.8 Å². The number of aromatic nitrogens is 1. The maximum absolute atomic E-state index is 13.7. The van der Waals surface area contributed by atoms with Gasteiger partial charge in [-0.3, -0.25) is 24.2 Å². The van der Waals surface area contributed by atoms with Gasteiger partial charge in [-0.2, -0.15) is 0 Å². The number of rotatable bonds is 9. The van der Waals surface area contributed by atoms with Crippen LogP contribution in [0.25, 0.3) is 0 Å². The van der Waals surface area contributed by atoms with E-state index in [1.807, 2.05) is 6.07 Å². The van der Waals surface area contributed by atoms with Crippen LogP contribution in [0.2, 0.25) is 0 Å². The molecule has 0 radical (unpaired) electrons. The molecular weight excluding hydrogens is 506 g/mol. The predicted molar refractivity (Wildman–Crippen MR) is 137 cm³/mol. The number of Topliss-reactive ketones (excluding diaryl/α,β-unsaturated/α-hetero) is 1. The Morgan fingerprint density at radius 1 is 1.00 bits per heavy atom. The second kappa shape index (κ2) is 11.2. The standard InChI is InChI=1S/C29H32F2N4O4/c30-29(31)11-9-19(10-12-29)28(39)35-23-15-20(23)16-24(35)26(37)34-22(14-18-6-2-1-3-7-18)25(36)27(38)33-17-21-8-4-5-13-32-21/h1-8,13,19-20,22-24H,9-12,14-17H2,(H,33,38)(H,34,37)/t20-,22-,23-,24-/m1/s1. The lowest BCUT2D eigenvalue weighted by molar-refractivity contribution is -0.147. The number of nitrogens with one attached hydrogen (secondary N) is 2. The van der Waals surface area contributed by atoms with E-state index in [-0.39, 0.29) is 56.5 Å². The minimum absolute atomic E-state index is 0.0616. The molecule has 2 N–H and O–H groups in total. The molecule has 39 heavy (non-hydrogen) atoms. The minimum atomic E-state index is -2.75. The monoisotopic (exact) mass is 538 g/mol. The van der Waals surface area contributed by atoms with Gasteiger partial charge in [0.05, 0.1) is 12.2 Å². The zero-order valence-corrected chi connectivity index (χ0v) is 21.5. The van der Waals surface area contributed by atoms with Crippen molar-refractivity contribution in [2.45, 2.75) is 75.5 Å². The van der Waals surface area contributed by atoms with E-state index in [0.717, 1.165) is 12.0 Å². The lowest BCUT2D eigenvalue weighted by Gasteiger charge is -2.34. The average molecular weight is 539 g/mol. The number of carbonyl (C=O) groups is 4. The second-order valence-electron chi connectivity index (χ2n) is 10.8. The average Bonchev–Trinajstić information content (AvgIpc) is 3.60. The molecule has 5 rings (SSSR count). The largest absolute Gasteiger partial charge is 0.344 e. The summed E-state index contributed by atoms with van der Waals surface area (Å²) >= 11 is 0. The van der Waals surface area contributed by atoms with E-state index in [1.165, 1.54) is 0 Å². The van der Waals surface area contributed by atoms with Crippen molar-refractivity contribution in [3.8, 4) is 0 Å². The fourth-order valence-electron chi connectivity index (χ4n) is 5.75. The van der Waals surface area contributed by atoms with Crippen LogP contribution in [0.5, 0.6) is 0 Å². The SMILES string of the molecule is O=C(NCc1ccccn1)C(=O)[C@@H](Cc1ccccc1)NC(=O)[C@H]1C[C@H]2C[C@H]2N1C(=O)C1CCC(F)(F)CC1. The first-order valence-corrected chi connectivity index (χ1v) is 13.5. The molecule has 2 aromatic rings. The van der Waals surface area contributed by atoms with Gasteiger partial charge in [-0.05, 0) is 49.3 Å². The maximum atomic E-state index is 13.7. The molecule has 1 aromatic heterocycles. The highest BCUT2D eigenvalue weighted by Crippen LogP contribution is 2.49. The summed E-state index contributed by atoms with van der Waals surface area (Å²) in [6, 6.07) is 12.3. The smallest absolute Gasteiger partial charge is 0.289 e. The van der Waals surface area contributed by atoms with E-state index >= 15 is 0 Å². The molecule has 1 aliphatic heterocycles. The summed E-state index contributed by atoms with van der Waals surface area (Å²) in [6.07, 6.45) is 2.48. The molecular formula is C29H32F2N4O4. The Kier molecular flexibility index (Phi) is 7.72. The summed E-state index contributed by atoms with van der Waals surface area (Å²) in [5.74, 6) is -5.47. The molecule has 1 aromatic carbocycles. The summed E-state index contributed by atoms with van der Waals surface area (Å²) in [6.45, 7) is 0.0616. The van der Waals surface area contributed by atoms with Gasteiger partial charge in [-0.1, -0.05) is 36.4 Å². The van der Waals surface area contributed by atoms with E-state index in [0.29, 0.717) is 12.1 Å². The van der Waals surface area contributed by atoms with Gasteiger partial charge in [0.15, 0.2) is 0 Å². The maximum Gasteiger partial charge on any atom is 0.289 e. The Hall–Kier alpha value is -3.69. The van der Waals surface area contributed by atoms with E-state index < -0.39 is 41.5 Å². The number of amides is 3. The van der Waals surface area contributed by atoms with Crippen LogP contribution in [0, 0.1) is 11.8 Å². The molecule has 3 aliphatic rings. The number of benzene rings is 1. The number of pyridine rings is 1. The lowest BCUT2D eigenvalue weighted by atomic mass is 9.85. The van der Waals surface area contributed by atoms with E-state index in [9.17, 15) is 28.0 Å². The first-order valence-electron chi connectivity index (χ1n) is 13.5. The Bertz CT molecular complexity index is 1220. The Morgan fingerprint density at radius 3 is 2.41 bits per heavy atom. The molecule has 8 nitrogen and oxygen atoms in total. The second-order valence-corrected chi connectivity index (χ2v) is 10.8. The number of fused-ring (bicyclic) bond motifs is 1. The molecule has 2 aliphatic carbocycles. The molecule has 206 valence electrons. The third-order valence-corrected chi connectivity index (χ3v) is 8.02. The Morgan fingerprint density at radius 2 is 1.72 bits per heavy atom. The molecule has 3 fully saturated rings. The van der Waals surface area contributed by atoms with Gasteiger partial charge in [0.25, 0.3) is 5.91 Å². The van der Waals surface area contributed by atoms with Gasteiger partial charge in [-0.15, -0.1) is 0 Å². The first-order chi connectivity index (χ1) is 18.7. The molecule has 0 unspecified atom stereocenters. The van der Waals surface area contributed by atoms with Gasteiger partial charge in [0.1, 0.15) is 12.1 Å². The minimum Gasteiger partial charge on any atom is -0.344 e. The van der Waals surface area contributed by atoms with Crippen LogP contribution in [0.15, 0.2) is 54.7 Å². The zero-order valence-electron chi connectivity index (χ0n) is 21.5. The van der Waals surface area contributed by atoms with Crippen LogP contribution in [0.3, 0.4) is 0 Å². The van der Waals surface area contributed by atoms with Crippen LogP contribution in [-0.2, 0) is 32.1 Å². The number of nitrogens with zero attached hydrogens (tertiary/aromatic N) is 2. The van der Waals surface area contributed by atoms with Crippen LogP contribution < -0.4 is 10.6 Å². The Balaban J connectivity index is 1.27. The Labute approximate surface area is 225 Å². The molecule has 2 heterocycles. The van der Waals surface area contributed by atoms with Crippen LogP contribution in [-0.4, -0.2) is 57.4 Å². The van der Waals surface area contributed by atoms with Crippen LogP contribution in [0.4, 0.5) is 8.78 Å². The van der Waals surface area contributed by atoms with Crippen molar-refractivity contribution in [2.24, 2.45) is 11.8 Å². The summed E-state index contributed by atoms with van der Waals surface area (Å²) < 4.78 is 27.3. The topological polar surface area (TPSA) is 108 Å². The zero-order chi connectivity index (χ0) is 27.6. The van der Waals surface area contributed by atoms with Crippen molar-refractivity contribution in [1.29, 1.82) is 0 Å². The van der Waals surface area contributed by atoms with Crippen molar-refractivity contribution < 1.29 is 28.0 Å². The number of halogens is 2. The van der Waals surface area contributed by atoms with Crippen molar-refractivity contribution >= 4 is 23.5 Å². The molecule has 10 heteroatoms. The quantitative estimate of drug-likeness (QED) is 0.478. The third kappa shape index (κ3) is 6.32. The van der Waals surface area contributed by atoms with Crippen LogP contribution >= 0.6 is 0 Å². The van der Waals surface area contributed by atoms with Crippen molar-refractivity contribution in [3.05, 3.63) is 66.0 Å². The fraction of sp³-hybridized carbons (Fsp3) is 0.483. The summed E-state index contributed by atoms with van der Waals surface area (Å²) in [7, 11) is 0. The van der Waals surface area contributed by atoms with Gasteiger partial charge in [-0.25, -0.2) is 8.78 Å². The number of likely N-dealkylation sites (tertiary alicyclic amines) is 1. The highest BCUT2D eigenvalue weighted by Gasteiger charge is 2.57. The molecule has 1 saturated heterocycles. The first kappa shape index (κ1) is 26.9. The van der Waals surface area contributed by atoms with Gasteiger partial charge in [0, 0.05) is 37.4 Å². The normalized spacial score (nSPS) is 24.4.